The van der Waals surface area contributed by atoms with Crippen LogP contribution in [-0.2, 0) is 24.6 Å². The quantitative estimate of drug-likeness (QED) is 0.591. The molecule has 0 bridgehead atoms. The van der Waals surface area contributed by atoms with Gasteiger partial charge in [0.05, 0.1) is 17.8 Å². The van der Waals surface area contributed by atoms with Gasteiger partial charge in [-0.05, 0) is 24.8 Å². The molecule has 5 nitrogen and oxygen atoms in total. The van der Waals surface area contributed by atoms with Crippen LogP contribution in [-0.4, -0.2) is 28.5 Å². The molecule has 1 rings (SSSR count). The molecule has 0 aliphatic carbocycles. The van der Waals surface area contributed by atoms with Crippen molar-refractivity contribution in [3.63, 3.8) is 0 Å². The van der Waals surface area contributed by atoms with Gasteiger partial charge in [-0.2, -0.15) is 5.10 Å². The van der Waals surface area contributed by atoms with E-state index in [0.717, 1.165) is 18.5 Å². The lowest BCUT2D eigenvalue weighted by molar-refractivity contribution is -0.0359. The Bertz CT molecular complexity index is 408. The lowest BCUT2D eigenvalue weighted by Gasteiger charge is -2.36. The fourth-order valence-electron chi connectivity index (χ4n) is 2.56. The molecule has 0 fully saturated rings. The Labute approximate surface area is 122 Å². The van der Waals surface area contributed by atoms with Crippen molar-refractivity contribution in [1.29, 1.82) is 0 Å². The van der Waals surface area contributed by atoms with Gasteiger partial charge < -0.3 is 4.74 Å². The zero-order valence-corrected chi connectivity index (χ0v) is 13.7. The molecular weight excluding hydrogens is 252 g/mol. The molecule has 0 radical (unpaired) electrons. The second-order valence-electron chi connectivity index (χ2n) is 6.32. The Morgan fingerprint density at radius 3 is 2.45 bits per heavy atom. The summed E-state index contributed by atoms with van der Waals surface area (Å²) in [4.78, 5) is 0. The molecule has 0 spiro atoms. The smallest absolute Gasteiger partial charge is 0.0793 e. The van der Waals surface area contributed by atoms with Crippen molar-refractivity contribution in [3.05, 3.63) is 17.5 Å². The van der Waals surface area contributed by atoms with E-state index in [9.17, 15) is 0 Å². The van der Waals surface area contributed by atoms with E-state index < -0.39 is 0 Å². The van der Waals surface area contributed by atoms with Gasteiger partial charge in [0.2, 0.25) is 0 Å². The van der Waals surface area contributed by atoms with Crippen LogP contribution < -0.4 is 11.3 Å². The topological polar surface area (TPSA) is 65.1 Å². The van der Waals surface area contributed by atoms with E-state index in [4.69, 9.17) is 10.6 Å². The van der Waals surface area contributed by atoms with Gasteiger partial charge in [-0.1, -0.05) is 27.7 Å². The Kier molecular flexibility index (Phi) is 6.17. The number of nitrogens with zero attached hydrogens (tertiary/aromatic N) is 2. The van der Waals surface area contributed by atoms with E-state index >= 15 is 0 Å². The van der Waals surface area contributed by atoms with Gasteiger partial charge in [-0.15, -0.1) is 0 Å². The van der Waals surface area contributed by atoms with Crippen molar-refractivity contribution >= 4 is 0 Å². The minimum Gasteiger partial charge on any atom is -0.376 e. The van der Waals surface area contributed by atoms with E-state index in [-0.39, 0.29) is 17.6 Å². The van der Waals surface area contributed by atoms with Crippen LogP contribution in [0.3, 0.4) is 0 Å². The number of hydrazine groups is 1. The number of nitrogens with two attached hydrogens (primary N) is 1. The fraction of sp³-hybridized carbons (Fsp3) is 0.800. The zero-order valence-electron chi connectivity index (χ0n) is 13.7. The summed E-state index contributed by atoms with van der Waals surface area (Å²) in [6.07, 6.45) is 1.81. The molecule has 1 aromatic heterocycles. The summed E-state index contributed by atoms with van der Waals surface area (Å²) in [7, 11) is 1.98. The van der Waals surface area contributed by atoms with E-state index in [2.05, 4.69) is 44.3 Å². The molecule has 5 heteroatoms. The SMILES string of the molecule is CCOC(C(Cc1cc(CC)nn1C)NN)C(C)(C)C. The van der Waals surface area contributed by atoms with Gasteiger partial charge >= 0.3 is 0 Å². The molecule has 116 valence electrons. The van der Waals surface area contributed by atoms with Crippen LogP contribution in [0.4, 0.5) is 0 Å². The van der Waals surface area contributed by atoms with Crippen molar-refractivity contribution in [2.75, 3.05) is 6.61 Å². The maximum absolute atomic E-state index is 5.93. The average molecular weight is 282 g/mol. The molecule has 0 aliphatic rings. The fourth-order valence-corrected chi connectivity index (χ4v) is 2.56. The molecule has 0 aromatic carbocycles. The Morgan fingerprint density at radius 1 is 1.40 bits per heavy atom. The van der Waals surface area contributed by atoms with Crippen molar-refractivity contribution in [3.8, 4) is 0 Å². The Balaban J connectivity index is 2.90. The van der Waals surface area contributed by atoms with E-state index in [1.165, 1.54) is 5.69 Å². The first-order chi connectivity index (χ1) is 9.33. The maximum atomic E-state index is 5.93. The molecule has 0 saturated heterocycles. The highest BCUT2D eigenvalue weighted by molar-refractivity contribution is 5.12. The first-order valence-corrected chi connectivity index (χ1v) is 7.43. The standard InChI is InChI=1S/C15H30N4O/c1-7-11-9-12(19(6)18-11)10-13(17-16)14(20-8-2)15(3,4)5/h9,13-14,17H,7-8,10,16H2,1-6H3. The molecule has 1 heterocycles. The average Bonchev–Trinajstić information content (AvgIpc) is 2.73. The number of ether oxygens (including phenoxy) is 1. The highest BCUT2D eigenvalue weighted by atomic mass is 16.5. The molecule has 2 atom stereocenters. The summed E-state index contributed by atoms with van der Waals surface area (Å²) < 4.78 is 7.87. The Hall–Kier alpha value is -0.910. The first-order valence-electron chi connectivity index (χ1n) is 7.43. The van der Waals surface area contributed by atoms with Crippen LogP contribution in [0.25, 0.3) is 0 Å². The number of hydrogen-bond acceptors (Lipinski definition) is 4. The van der Waals surface area contributed by atoms with Gasteiger partial charge in [0.25, 0.3) is 0 Å². The maximum Gasteiger partial charge on any atom is 0.0793 e. The van der Waals surface area contributed by atoms with E-state index in [1.807, 2.05) is 18.7 Å². The predicted octanol–water partition coefficient (Wildman–Crippen LogP) is 1.81. The molecule has 20 heavy (non-hydrogen) atoms. The summed E-state index contributed by atoms with van der Waals surface area (Å²) in [5, 5.41) is 4.49. The van der Waals surface area contributed by atoms with E-state index in [0.29, 0.717) is 6.61 Å². The highest BCUT2D eigenvalue weighted by Crippen LogP contribution is 2.26. The van der Waals surface area contributed by atoms with E-state index in [1.54, 1.807) is 0 Å². The monoisotopic (exact) mass is 282 g/mol. The van der Waals surface area contributed by atoms with Crippen LogP contribution in [0.2, 0.25) is 0 Å². The van der Waals surface area contributed by atoms with Gasteiger partial charge in [-0.25, -0.2) is 0 Å². The molecule has 0 amide bonds. The molecule has 3 N–H and O–H groups in total. The summed E-state index contributed by atoms with van der Waals surface area (Å²) in [6, 6.07) is 2.21. The van der Waals surface area contributed by atoms with Crippen molar-refractivity contribution in [2.24, 2.45) is 18.3 Å². The zero-order chi connectivity index (χ0) is 15.3. The lowest BCUT2D eigenvalue weighted by atomic mass is 9.83. The third kappa shape index (κ3) is 4.30. The minimum absolute atomic E-state index is 0.0270. The largest absolute Gasteiger partial charge is 0.376 e. The van der Waals surface area contributed by atoms with Crippen LogP contribution in [0.1, 0.15) is 46.0 Å². The van der Waals surface area contributed by atoms with Crippen molar-refractivity contribution < 1.29 is 4.74 Å². The summed E-state index contributed by atoms with van der Waals surface area (Å²) in [5.41, 5.74) is 5.25. The van der Waals surface area contributed by atoms with Crippen molar-refractivity contribution in [1.82, 2.24) is 15.2 Å². The van der Waals surface area contributed by atoms with Crippen molar-refractivity contribution in [2.45, 2.75) is 59.6 Å². The normalized spacial score (nSPS) is 15.3. The van der Waals surface area contributed by atoms with Crippen LogP contribution in [0.5, 0.6) is 0 Å². The van der Waals surface area contributed by atoms with Gasteiger partial charge in [0.15, 0.2) is 0 Å². The number of hydrogen-bond donors (Lipinski definition) is 2. The summed E-state index contributed by atoms with van der Waals surface area (Å²) >= 11 is 0. The molecule has 1 aromatic rings. The highest BCUT2D eigenvalue weighted by Gasteiger charge is 2.33. The van der Waals surface area contributed by atoms with Gasteiger partial charge in [0, 0.05) is 25.8 Å². The van der Waals surface area contributed by atoms with Gasteiger partial charge in [0.1, 0.15) is 0 Å². The lowest BCUT2D eigenvalue weighted by Crippen LogP contribution is -2.52. The first kappa shape index (κ1) is 17.1. The summed E-state index contributed by atoms with van der Waals surface area (Å²) in [6.45, 7) is 11.4. The third-order valence-electron chi connectivity index (χ3n) is 3.60. The third-order valence-corrected chi connectivity index (χ3v) is 3.60. The van der Waals surface area contributed by atoms with Crippen LogP contribution in [0.15, 0.2) is 6.07 Å². The number of aryl methyl sites for hydroxylation is 2. The molecule has 0 saturated carbocycles. The Morgan fingerprint density at radius 2 is 2.05 bits per heavy atom. The van der Waals surface area contributed by atoms with Gasteiger partial charge in [-0.3, -0.25) is 16.0 Å². The number of rotatable bonds is 7. The second-order valence-corrected chi connectivity index (χ2v) is 6.32. The minimum atomic E-state index is 0.0270. The molecule has 0 aliphatic heterocycles. The number of nitrogens with one attached hydrogen (secondary N) is 1. The van der Waals surface area contributed by atoms with Crippen LogP contribution >= 0.6 is 0 Å². The molecular formula is C15H30N4O. The molecule has 2 unspecified atom stereocenters. The second kappa shape index (κ2) is 7.20. The predicted molar refractivity (Wildman–Crippen MR) is 82.3 cm³/mol. The summed E-state index contributed by atoms with van der Waals surface area (Å²) in [5.74, 6) is 5.78. The number of aromatic nitrogens is 2. The van der Waals surface area contributed by atoms with Crippen LogP contribution in [0, 0.1) is 5.41 Å².